The number of hydrogen-bond donors (Lipinski definition) is 0. The van der Waals surface area contributed by atoms with Crippen molar-refractivity contribution in [3.05, 3.63) is 247 Å². The number of hydrogen-bond acceptors (Lipinski definition) is 3. The number of fused-ring (bicyclic) bond motifs is 12. The zero-order valence-electron chi connectivity index (χ0n) is 39.3. The van der Waals surface area contributed by atoms with Crippen molar-refractivity contribution in [1.82, 2.24) is 8.97 Å². The molecule has 1 atom stereocenters. The quantitative estimate of drug-likeness (QED) is 0.152. The molecule has 0 amide bonds. The van der Waals surface area contributed by atoms with Gasteiger partial charge in [0.2, 0.25) is 5.88 Å². The standard InChI is InChI=1S/C66H46N4O/c1-41-21-12-14-33-50(41)67(45-27-10-5-11-28-45)52-35-18-37-54-59(52)46-29-16-31-48-61-58(44-25-8-4-9-26-44)66-62(57(43-23-6-3-7-24-43)65(61)69(54)63(46)48)49-32-17-30-47-60-53(36-19-38-55(60)70(66)64(47)49)68(56-39-20-40-71-56)51-34-15-13-22-42(51)2/h3-37,39-40,55H,38H2,1-2H3. The number of nitrogens with zero attached hydrogens (tertiary/aromatic N) is 4. The number of rotatable bonds is 8. The predicted octanol–water partition coefficient (Wildman–Crippen LogP) is 18.0. The minimum atomic E-state index is 0.0305. The smallest absolute Gasteiger partial charge is 0.204 e. The molecule has 0 saturated heterocycles. The van der Waals surface area contributed by atoms with Crippen LogP contribution in [0.3, 0.4) is 0 Å². The Morgan fingerprint density at radius 3 is 1.70 bits per heavy atom. The summed E-state index contributed by atoms with van der Waals surface area (Å²) in [4.78, 5) is 4.79. The molecule has 5 nitrogen and oxygen atoms in total. The highest BCUT2D eigenvalue weighted by atomic mass is 16.3. The van der Waals surface area contributed by atoms with Crippen LogP contribution in [0.15, 0.2) is 235 Å². The zero-order valence-corrected chi connectivity index (χ0v) is 39.3. The summed E-state index contributed by atoms with van der Waals surface area (Å²) in [5.74, 6) is 0.797. The molecule has 71 heavy (non-hydrogen) atoms. The Kier molecular flexibility index (Phi) is 8.55. The topological polar surface area (TPSA) is 29.0 Å². The van der Waals surface area contributed by atoms with Crippen LogP contribution in [0.5, 0.6) is 0 Å². The van der Waals surface area contributed by atoms with Gasteiger partial charge in [-0.2, -0.15) is 0 Å². The maximum absolute atomic E-state index is 6.30. The number of allylic oxidation sites excluding steroid dienone is 3. The first-order valence-corrected chi connectivity index (χ1v) is 24.7. The molecule has 0 N–H and O–H groups in total. The van der Waals surface area contributed by atoms with Gasteiger partial charge in [-0.05, 0) is 91.1 Å². The Hall–Kier alpha value is -9.06. The molecule has 0 spiro atoms. The summed E-state index contributed by atoms with van der Waals surface area (Å²) in [6.07, 6.45) is 7.34. The van der Waals surface area contributed by atoms with Gasteiger partial charge in [0.1, 0.15) is 0 Å². The molecule has 15 rings (SSSR count). The van der Waals surface area contributed by atoms with Crippen LogP contribution in [-0.2, 0) is 0 Å². The lowest BCUT2D eigenvalue weighted by atomic mass is 9.87. The maximum Gasteiger partial charge on any atom is 0.204 e. The van der Waals surface area contributed by atoms with Crippen molar-refractivity contribution < 1.29 is 4.42 Å². The van der Waals surface area contributed by atoms with Crippen molar-refractivity contribution in [1.29, 1.82) is 0 Å². The van der Waals surface area contributed by atoms with E-state index in [0.717, 1.165) is 40.8 Å². The van der Waals surface area contributed by atoms with Crippen LogP contribution >= 0.6 is 0 Å². The van der Waals surface area contributed by atoms with E-state index in [9.17, 15) is 0 Å². The molecular weight excluding hydrogens is 865 g/mol. The van der Waals surface area contributed by atoms with Crippen LogP contribution in [0.2, 0.25) is 0 Å². The lowest BCUT2D eigenvalue weighted by molar-refractivity contribution is 0.570. The molecule has 5 heteroatoms. The largest absolute Gasteiger partial charge is 0.448 e. The predicted molar refractivity (Wildman–Crippen MR) is 296 cm³/mol. The summed E-state index contributed by atoms with van der Waals surface area (Å²) in [6.45, 7) is 4.41. The van der Waals surface area contributed by atoms with Crippen LogP contribution < -0.4 is 9.80 Å². The molecule has 336 valence electrons. The van der Waals surface area contributed by atoms with E-state index in [4.69, 9.17) is 4.42 Å². The lowest BCUT2D eigenvalue weighted by Crippen LogP contribution is -2.21. The molecule has 4 aromatic heterocycles. The average molecular weight is 911 g/mol. The second-order valence-electron chi connectivity index (χ2n) is 19.2. The monoisotopic (exact) mass is 910 g/mol. The van der Waals surface area contributed by atoms with Crippen molar-refractivity contribution in [2.24, 2.45) is 0 Å². The molecule has 0 radical (unpaired) electrons. The van der Waals surface area contributed by atoms with Gasteiger partial charge in [-0.15, -0.1) is 0 Å². The summed E-state index contributed by atoms with van der Waals surface area (Å²) in [5.41, 5.74) is 21.8. The highest BCUT2D eigenvalue weighted by molar-refractivity contribution is 6.37. The van der Waals surface area contributed by atoms with Crippen molar-refractivity contribution in [3.8, 4) is 22.3 Å². The number of para-hydroxylation sites is 5. The first kappa shape index (κ1) is 39.9. The third-order valence-corrected chi connectivity index (χ3v) is 15.4. The van der Waals surface area contributed by atoms with Crippen molar-refractivity contribution >= 4 is 94.1 Å². The van der Waals surface area contributed by atoms with Crippen molar-refractivity contribution in [3.63, 3.8) is 0 Å². The van der Waals surface area contributed by atoms with Crippen LogP contribution in [0.1, 0.15) is 29.2 Å². The summed E-state index contributed by atoms with van der Waals surface area (Å²) >= 11 is 0. The third-order valence-electron chi connectivity index (χ3n) is 15.4. The molecule has 1 aliphatic carbocycles. The van der Waals surface area contributed by atoms with Gasteiger partial charge < -0.3 is 18.3 Å². The molecule has 1 aliphatic heterocycles. The van der Waals surface area contributed by atoms with Crippen LogP contribution in [0.4, 0.5) is 28.6 Å². The van der Waals surface area contributed by atoms with Gasteiger partial charge in [-0.25, -0.2) is 0 Å². The van der Waals surface area contributed by atoms with E-state index >= 15 is 0 Å². The molecule has 1 unspecified atom stereocenters. The van der Waals surface area contributed by atoms with Crippen molar-refractivity contribution in [2.75, 3.05) is 9.80 Å². The van der Waals surface area contributed by atoms with E-state index in [1.165, 1.54) is 104 Å². The summed E-state index contributed by atoms with van der Waals surface area (Å²) in [6, 6.07) is 75.6. The maximum atomic E-state index is 6.30. The third kappa shape index (κ3) is 5.51. The van der Waals surface area contributed by atoms with Gasteiger partial charge in [0, 0.05) is 72.0 Å². The van der Waals surface area contributed by atoms with E-state index in [0.29, 0.717) is 0 Å². The fraction of sp³-hybridized carbons (Fsp3) is 0.0606. The van der Waals surface area contributed by atoms with E-state index in [-0.39, 0.29) is 6.04 Å². The summed E-state index contributed by atoms with van der Waals surface area (Å²) in [5, 5.41) is 7.54. The Balaban J connectivity index is 1.12. The molecule has 0 bridgehead atoms. The second kappa shape index (κ2) is 15.2. The van der Waals surface area contributed by atoms with E-state index in [1.807, 2.05) is 6.07 Å². The molecule has 13 aromatic rings. The molecule has 5 heterocycles. The Bertz CT molecular complexity index is 4330. The first-order valence-electron chi connectivity index (χ1n) is 24.7. The number of aryl methyl sites for hydroxylation is 2. The Morgan fingerprint density at radius 1 is 0.465 bits per heavy atom. The first-order chi connectivity index (χ1) is 35.2. The minimum Gasteiger partial charge on any atom is -0.448 e. The number of furan rings is 1. The molecular formula is C66H46N4O. The number of aromatic nitrogens is 2. The summed E-state index contributed by atoms with van der Waals surface area (Å²) in [7, 11) is 0. The SMILES string of the molecule is Cc1ccccc1N(C1=C2c3cccc4c5c(-c6ccccc6)c6c(c(-c7ccccc7)c5n(c34)C2CC=C1)c1cccc2c3c(N(c4ccccc4)c4ccccc4C)cccc3n6c21)c1ccco1. The second-order valence-corrected chi connectivity index (χ2v) is 19.2. The number of anilines is 5. The van der Waals surface area contributed by atoms with Gasteiger partial charge in [0.05, 0.1) is 57.0 Å². The molecule has 2 aliphatic rings. The van der Waals surface area contributed by atoms with Crippen LogP contribution in [-0.4, -0.2) is 8.97 Å². The highest BCUT2D eigenvalue weighted by Crippen LogP contribution is 2.59. The van der Waals surface area contributed by atoms with Gasteiger partial charge >= 0.3 is 0 Å². The minimum absolute atomic E-state index is 0.0305. The van der Waals surface area contributed by atoms with Crippen LogP contribution in [0, 0.1) is 13.8 Å². The van der Waals surface area contributed by atoms with Gasteiger partial charge in [-0.1, -0.05) is 164 Å². The summed E-state index contributed by atoms with van der Waals surface area (Å²) < 4.78 is 11.7. The van der Waals surface area contributed by atoms with Crippen molar-refractivity contribution in [2.45, 2.75) is 26.3 Å². The highest BCUT2D eigenvalue weighted by Gasteiger charge is 2.40. The van der Waals surface area contributed by atoms with E-state index < -0.39 is 0 Å². The van der Waals surface area contributed by atoms with E-state index in [1.54, 1.807) is 6.26 Å². The lowest BCUT2D eigenvalue weighted by Gasteiger charge is -2.31. The molecule has 0 fully saturated rings. The average Bonchev–Trinajstić information content (AvgIpc) is 4.27. The number of benzene rings is 9. The van der Waals surface area contributed by atoms with Gasteiger partial charge in [-0.3, -0.25) is 4.90 Å². The Morgan fingerprint density at radius 2 is 1.03 bits per heavy atom. The normalized spacial score (nSPS) is 14.3. The Labute approximate surface area is 411 Å². The van der Waals surface area contributed by atoms with E-state index in [2.05, 4.69) is 245 Å². The fourth-order valence-electron chi connectivity index (χ4n) is 12.7. The van der Waals surface area contributed by atoms with Gasteiger partial charge in [0.15, 0.2) is 0 Å². The van der Waals surface area contributed by atoms with Gasteiger partial charge in [0.25, 0.3) is 0 Å². The molecule has 0 saturated carbocycles. The van der Waals surface area contributed by atoms with Crippen LogP contribution in [0.25, 0.3) is 87.7 Å². The zero-order chi connectivity index (χ0) is 46.9. The molecule has 9 aromatic carbocycles. The fourth-order valence-corrected chi connectivity index (χ4v) is 12.7.